The van der Waals surface area contributed by atoms with Crippen LogP contribution in [0.4, 0.5) is 0 Å². The molecular formula is C6H12Zn. The van der Waals surface area contributed by atoms with Crippen molar-refractivity contribution in [3.8, 4) is 0 Å². The van der Waals surface area contributed by atoms with E-state index < -0.39 is 0 Å². The number of hydrogen-bond acceptors (Lipinski definition) is 0. The number of hydrogen-bond donors (Lipinski definition) is 0. The molecule has 1 fully saturated rings. The first-order valence-corrected chi connectivity index (χ1v) is 8.11. The molecule has 0 aromatic carbocycles. The summed E-state index contributed by atoms with van der Waals surface area (Å²) in [5.41, 5.74) is 2.49. The Balaban J connectivity index is 2.14. The van der Waals surface area contributed by atoms with E-state index in [-0.39, 0.29) is 17.1 Å². The number of rotatable bonds is 1. The molecule has 0 heterocycles. The van der Waals surface area contributed by atoms with Gasteiger partial charge in [0.25, 0.3) is 0 Å². The first-order valence-electron chi connectivity index (χ1n) is 3.43. The summed E-state index contributed by atoms with van der Waals surface area (Å²) in [6.45, 7) is 0. The van der Waals surface area contributed by atoms with Crippen LogP contribution in [0.1, 0.15) is 25.7 Å². The summed E-state index contributed by atoms with van der Waals surface area (Å²) in [5, 5.41) is 0. The van der Waals surface area contributed by atoms with Gasteiger partial charge in [-0.15, -0.1) is 0 Å². The second-order valence-electron chi connectivity index (χ2n) is 2.56. The van der Waals surface area contributed by atoms with Crippen molar-refractivity contribution in [2.45, 2.75) is 35.7 Å². The fourth-order valence-electron chi connectivity index (χ4n) is 1.42. The third-order valence-electron chi connectivity index (χ3n) is 2.05. The van der Waals surface area contributed by atoms with Gasteiger partial charge in [-0.2, -0.15) is 0 Å². The molecule has 0 N–H and O–H groups in total. The van der Waals surface area contributed by atoms with Crippen LogP contribution in [0.5, 0.6) is 0 Å². The van der Waals surface area contributed by atoms with E-state index in [9.17, 15) is 0 Å². The van der Waals surface area contributed by atoms with Crippen molar-refractivity contribution in [1.29, 1.82) is 0 Å². The Bertz CT molecular complexity index is 46.1. The van der Waals surface area contributed by atoms with E-state index in [1.54, 1.807) is 25.7 Å². The Hall–Kier alpha value is 0.623. The zero-order valence-corrected chi connectivity index (χ0v) is 8.08. The average molecular weight is 150 g/mol. The molecule has 1 saturated carbocycles. The average Bonchev–Trinajstić information content (AvgIpc) is 2.14. The maximum absolute atomic E-state index is 2.49. The van der Waals surface area contributed by atoms with Crippen molar-refractivity contribution in [3.05, 3.63) is 0 Å². The quantitative estimate of drug-likeness (QED) is 0.503. The molecule has 1 aliphatic rings. The van der Waals surface area contributed by atoms with Crippen LogP contribution in [0.2, 0.25) is 10.0 Å². The van der Waals surface area contributed by atoms with Crippen LogP contribution < -0.4 is 0 Å². The van der Waals surface area contributed by atoms with Crippen molar-refractivity contribution >= 4 is 0 Å². The van der Waals surface area contributed by atoms with Gasteiger partial charge in [0.05, 0.1) is 0 Å². The van der Waals surface area contributed by atoms with Gasteiger partial charge in [0.2, 0.25) is 0 Å². The van der Waals surface area contributed by atoms with E-state index in [0.717, 1.165) is 0 Å². The topological polar surface area (TPSA) is 0 Å². The molecule has 7 heavy (non-hydrogen) atoms. The van der Waals surface area contributed by atoms with Crippen LogP contribution >= 0.6 is 0 Å². The van der Waals surface area contributed by atoms with Gasteiger partial charge in [-0.25, -0.2) is 0 Å². The standard InChI is InChI=1S/C5H9.CH3.Zn/c1-2-4-5-3-1;;/h1H,2-5H2;1H3;. The van der Waals surface area contributed by atoms with Crippen LogP contribution in [0.25, 0.3) is 0 Å². The summed E-state index contributed by atoms with van der Waals surface area (Å²) in [6, 6.07) is 0. The van der Waals surface area contributed by atoms with Crippen molar-refractivity contribution < 1.29 is 17.1 Å². The van der Waals surface area contributed by atoms with Gasteiger partial charge in [0, 0.05) is 0 Å². The Labute approximate surface area is 53.3 Å². The zero-order valence-electron chi connectivity index (χ0n) is 5.11. The first kappa shape index (κ1) is 5.75. The Morgan fingerprint density at radius 1 is 1.29 bits per heavy atom. The van der Waals surface area contributed by atoms with Gasteiger partial charge < -0.3 is 0 Å². The molecule has 0 aliphatic heterocycles. The summed E-state index contributed by atoms with van der Waals surface area (Å²) in [4.78, 5) is 0. The summed E-state index contributed by atoms with van der Waals surface area (Å²) < 4.78 is 1.28. The van der Waals surface area contributed by atoms with E-state index in [2.05, 4.69) is 5.52 Å². The van der Waals surface area contributed by atoms with Crippen LogP contribution in [-0.4, -0.2) is 0 Å². The van der Waals surface area contributed by atoms with E-state index >= 15 is 0 Å². The van der Waals surface area contributed by atoms with E-state index in [1.165, 1.54) is 4.51 Å². The van der Waals surface area contributed by atoms with Gasteiger partial charge in [-0.05, 0) is 0 Å². The Kier molecular flexibility index (Phi) is 2.32. The molecule has 0 amide bonds. The molecule has 0 spiro atoms. The summed E-state index contributed by atoms with van der Waals surface area (Å²) in [5.74, 6) is 0. The fourth-order valence-corrected chi connectivity index (χ4v) is 4.34. The molecule has 0 radical (unpaired) electrons. The summed E-state index contributed by atoms with van der Waals surface area (Å²) >= 11 is 0.0312. The Morgan fingerprint density at radius 2 is 1.86 bits per heavy atom. The van der Waals surface area contributed by atoms with Crippen molar-refractivity contribution in [2.24, 2.45) is 0 Å². The molecule has 0 nitrogen and oxygen atoms in total. The fraction of sp³-hybridized carbons (Fsp3) is 1.00. The third kappa shape index (κ3) is 1.53. The van der Waals surface area contributed by atoms with Crippen molar-refractivity contribution in [1.82, 2.24) is 0 Å². The van der Waals surface area contributed by atoms with Gasteiger partial charge in [-0.3, -0.25) is 0 Å². The third-order valence-corrected chi connectivity index (χ3v) is 6.19. The molecular weight excluding hydrogens is 137 g/mol. The molecule has 1 heteroatoms. The summed E-state index contributed by atoms with van der Waals surface area (Å²) in [6.07, 6.45) is 6.28. The van der Waals surface area contributed by atoms with Gasteiger partial charge >= 0.3 is 52.8 Å². The molecule has 0 aromatic heterocycles. The van der Waals surface area contributed by atoms with Gasteiger partial charge in [-0.1, -0.05) is 0 Å². The Morgan fingerprint density at radius 3 is 2.14 bits per heavy atom. The van der Waals surface area contributed by atoms with Gasteiger partial charge in [0.15, 0.2) is 0 Å². The first-order chi connectivity index (χ1) is 3.43. The summed E-state index contributed by atoms with van der Waals surface area (Å²) in [7, 11) is 0. The normalized spacial score (nSPS) is 22.4. The van der Waals surface area contributed by atoms with E-state index in [0.29, 0.717) is 0 Å². The second-order valence-corrected chi connectivity index (χ2v) is 6.69. The van der Waals surface area contributed by atoms with Crippen LogP contribution in [0.15, 0.2) is 0 Å². The van der Waals surface area contributed by atoms with Crippen molar-refractivity contribution in [2.75, 3.05) is 0 Å². The van der Waals surface area contributed by atoms with Crippen LogP contribution in [0, 0.1) is 0 Å². The van der Waals surface area contributed by atoms with Crippen LogP contribution in [-0.2, 0) is 17.1 Å². The zero-order chi connectivity index (χ0) is 5.11. The predicted molar refractivity (Wildman–Crippen MR) is 28.1 cm³/mol. The molecule has 1 rings (SSSR count). The molecule has 38 valence electrons. The van der Waals surface area contributed by atoms with Crippen LogP contribution in [0.3, 0.4) is 0 Å². The SMILES string of the molecule is [CH3][Zn][CH]1CCCC1. The molecule has 0 bridgehead atoms. The molecule has 0 aromatic rings. The second kappa shape index (κ2) is 2.82. The molecule has 0 atom stereocenters. The minimum absolute atomic E-state index is 0.0312. The van der Waals surface area contributed by atoms with Crippen molar-refractivity contribution in [3.63, 3.8) is 0 Å². The maximum atomic E-state index is 2.49. The van der Waals surface area contributed by atoms with E-state index in [1.807, 2.05) is 0 Å². The van der Waals surface area contributed by atoms with E-state index in [4.69, 9.17) is 0 Å². The van der Waals surface area contributed by atoms with Gasteiger partial charge in [0.1, 0.15) is 0 Å². The molecule has 1 aliphatic carbocycles. The monoisotopic (exact) mass is 148 g/mol. The predicted octanol–water partition coefficient (Wildman–Crippen LogP) is 2.48. The molecule has 0 saturated heterocycles. The minimum atomic E-state index is 0.0312. The molecule has 0 unspecified atom stereocenters.